The van der Waals surface area contributed by atoms with Crippen molar-refractivity contribution in [1.29, 1.82) is 0 Å². The molecule has 112 valence electrons. The summed E-state index contributed by atoms with van der Waals surface area (Å²) in [5.74, 6) is -0.172. The third-order valence-electron chi connectivity index (χ3n) is 3.77. The second-order valence-electron chi connectivity index (χ2n) is 5.34. The predicted octanol–water partition coefficient (Wildman–Crippen LogP) is 2.04. The van der Waals surface area contributed by atoms with Crippen LogP contribution in [0.3, 0.4) is 0 Å². The Morgan fingerprint density at radius 3 is 2.80 bits per heavy atom. The van der Waals surface area contributed by atoms with Gasteiger partial charge in [-0.2, -0.15) is 0 Å². The molecule has 1 atom stereocenters. The summed E-state index contributed by atoms with van der Waals surface area (Å²) in [6, 6.07) is 4.71. The van der Waals surface area contributed by atoms with Gasteiger partial charge in [-0.3, -0.25) is 9.69 Å². The molecule has 2 rings (SSSR count). The Kier molecular flexibility index (Phi) is 6.01. The molecule has 1 aliphatic rings. The van der Waals surface area contributed by atoms with Crippen LogP contribution >= 0.6 is 11.3 Å². The summed E-state index contributed by atoms with van der Waals surface area (Å²) in [6.07, 6.45) is 3.06. The number of hydrogen-bond donors (Lipinski definition) is 1. The van der Waals surface area contributed by atoms with Crippen molar-refractivity contribution >= 4 is 17.3 Å². The fraction of sp³-hybridized carbons (Fsp3) is 0.667. The molecule has 1 N–H and O–H groups in total. The lowest BCUT2D eigenvalue weighted by Crippen LogP contribution is -2.38. The fourth-order valence-electron chi connectivity index (χ4n) is 2.54. The zero-order valence-electron chi connectivity index (χ0n) is 12.4. The molecule has 0 saturated carbocycles. The summed E-state index contributed by atoms with van der Waals surface area (Å²) in [7, 11) is 1.43. The lowest BCUT2D eigenvalue weighted by Gasteiger charge is -2.23. The second kappa shape index (κ2) is 7.76. The van der Waals surface area contributed by atoms with Crippen molar-refractivity contribution in [3.05, 3.63) is 21.9 Å². The van der Waals surface area contributed by atoms with Gasteiger partial charge < -0.3 is 10.1 Å². The van der Waals surface area contributed by atoms with Crippen LogP contribution in [0.2, 0.25) is 0 Å². The van der Waals surface area contributed by atoms with Gasteiger partial charge in [-0.05, 0) is 45.0 Å². The Labute approximate surface area is 125 Å². The van der Waals surface area contributed by atoms with Gasteiger partial charge in [0.2, 0.25) is 0 Å². The molecule has 0 spiro atoms. The highest BCUT2D eigenvalue weighted by Gasteiger charge is 2.17. The van der Waals surface area contributed by atoms with Crippen molar-refractivity contribution < 1.29 is 9.53 Å². The number of esters is 1. The number of methoxy groups -OCH3 is 1. The van der Waals surface area contributed by atoms with Gasteiger partial charge in [-0.15, -0.1) is 11.3 Å². The maximum atomic E-state index is 11.2. The van der Waals surface area contributed by atoms with Crippen molar-refractivity contribution in [2.45, 2.75) is 38.8 Å². The van der Waals surface area contributed by atoms with Crippen LogP contribution in [0.4, 0.5) is 0 Å². The number of thiophene rings is 1. The summed E-state index contributed by atoms with van der Waals surface area (Å²) < 4.78 is 4.68. The summed E-state index contributed by atoms with van der Waals surface area (Å²) in [4.78, 5) is 16.1. The Hall–Kier alpha value is -0.910. The van der Waals surface area contributed by atoms with Gasteiger partial charge in [0.1, 0.15) is 0 Å². The first kappa shape index (κ1) is 15.5. The highest BCUT2D eigenvalue weighted by molar-refractivity contribution is 7.12. The van der Waals surface area contributed by atoms with E-state index in [1.165, 1.54) is 37.9 Å². The largest absolute Gasteiger partial charge is 0.469 e. The molecule has 1 fully saturated rings. The van der Waals surface area contributed by atoms with Crippen LogP contribution in [0.15, 0.2) is 12.1 Å². The van der Waals surface area contributed by atoms with Crippen LogP contribution in [0, 0.1) is 0 Å². The molecule has 1 saturated heterocycles. The first-order valence-corrected chi connectivity index (χ1v) is 8.10. The van der Waals surface area contributed by atoms with Gasteiger partial charge in [0, 0.05) is 28.9 Å². The number of carbonyl (C=O) groups excluding carboxylic acids is 1. The van der Waals surface area contributed by atoms with Crippen LogP contribution < -0.4 is 5.32 Å². The third-order valence-corrected chi connectivity index (χ3v) is 4.85. The number of hydrogen-bond acceptors (Lipinski definition) is 5. The van der Waals surface area contributed by atoms with Crippen molar-refractivity contribution in [1.82, 2.24) is 10.2 Å². The summed E-state index contributed by atoms with van der Waals surface area (Å²) >= 11 is 1.68. The Morgan fingerprint density at radius 2 is 2.10 bits per heavy atom. The smallest absolute Gasteiger partial charge is 0.310 e. The Morgan fingerprint density at radius 1 is 1.40 bits per heavy atom. The second-order valence-corrected chi connectivity index (χ2v) is 6.60. The van der Waals surface area contributed by atoms with Crippen LogP contribution in [-0.4, -0.2) is 43.7 Å². The van der Waals surface area contributed by atoms with Crippen molar-refractivity contribution in [3.63, 3.8) is 0 Å². The molecule has 20 heavy (non-hydrogen) atoms. The quantitative estimate of drug-likeness (QED) is 0.782. The predicted molar refractivity (Wildman–Crippen MR) is 82.0 cm³/mol. The maximum absolute atomic E-state index is 11.2. The van der Waals surface area contributed by atoms with Gasteiger partial charge >= 0.3 is 5.97 Å². The monoisotopic (exact) mass is 296 g/mol. The molecule has 1 aliphatic heterocycles. The lowest BCUT2D eigenvalue weighted by atomic mass is 10.3. The molecule has 5 heteroatoms. The Balaban J connectivity index is 1.69. The molecule has 2 heterocycles. The third kappa shape index (κ3) is 4.58. The van der Waals surface area contributed by atoms with E-state index in [4.69, 9.17) is 0 Å². The average molecular weight is 296 g/mol. The summed E-state index contributed by atoms with van der Waals surface area (Å²) in [6.45, 7) is 6.67. The molecule has 1 aromatic rings. The van der Waals surface area contributed by atoms with E-state index in [0.29, 0.717) is 12.5 Å². The molecular weight excluding hydrogens is 272 g/mol. The van der Waals surface area contributed by atoms with Crippen LogP contribution in [0.25, 0.3) is 0 Å². The van der Waals surface area contributed by atoms with Crippen molar-refractivity contribution in [2.75, 3.05) is 26.7 Å². The molecule has 0 aromatic carbocycles. The van der Waals surface area contributed by atoms with E-state index in [1.54, 1.807) is 11.3 Å². The molecule has 0 bridgehead atoms. The highest BCUT2D eigenvalue weighted by Crippen LogP contribution is 2.17. The molecule has 0 radical (unpaired) electrons. The lowest BCUT2D eigenvalue weighted by molar-refractivity contribution is -0.139. The van der Waals surface area contributed by atoms with Gasteiger partial charge in [0.05, 0.1) is 13.5 Å². The number of nitrogens with one attached hydrogen (secondary N) is 1. The molecule has 0 aliphatic carbocycles. The maximum Gasteiger partial charge on any atom is 0.310 e. The fourth-order valence-corrected chi connectivity index (χ4v) is 3.52. The van der Waals surface area contributed by atoms with E-state index in [2.05, 4.69) is 27.9 Å². The Bertz CT molecular complexity index is 427. The first-order chi connectivity index (χ1) is 9.69. The molecule has 1 unspecified atom stereocenters. The van der Waals surface area contributed by atoms with Crippen LogP contribution in [0.1, 0.15) is 29.5 Å². The van der Waals surface area contributed by atoms with Crippen LogP contribution in [-0.2, 0) is 22.5 Å². The van der Waals surface area contributed by atoms with Crippen LogP contribution in [0.5, 0.6) is 0 Å². The topological polar surface area (TPSA) is 41.6 Å². The van der Waals surface area contributed by atoms with E-state index in [0.717, 1.165) is 18.0 Å². The standard InChI is InChI=1S/C15H24N2O2S/c1-12(17-7-3-4-8-17)10-16-11-14-6-5-13(20-14)9-15(18)19-2/h5-6,12,16H,3-4,7-11H2,1-2H3. The van der Waals surface area contributed by atoms with E-state index in [1.807, 2.05) is 6.07 Å². The molecule has 1 aromatic heterocycles. The number of nitrogens with zero attached hydrogens (tertiary/aromatic N) is 1. The highest BCUT2D eigenvalue weighted by atomic mass is 32.1. The minimum Gasteiger partial charge on any atom is -0.469 e. The van der Waals surface area contributed by atoms with Gasteiger partial charge in [-0.25, -0.2) is 0 Å². The van der Waals surface area contributed by atoms with E-state index in [9.17, 15) is 4.79 Å². The van der Waals surface area contributed by atoms with Gasteiger partial charge in [0.15, 0.2) is 0 Å². The normalized spacial score (nSPS) is 17.3. The van der Waals surface area contributed by atoms with E-state index < -0.39 is 0 Å². The van der Waals surface area contributed by atoms with E-state index in [-0.39, 0.29) is 5.97 Å². The zero-order chi connectivity index (χ0) is 14.4. The summed E-state index contributed by atoms with van der Waals surface area (Å²) in [5, 5.41) is 3.51. The average Bonchev–Trinajstić information content (AvgIpc) is 3.10. The first-order valence-electron chi connectivity index (χ1n) is 7.28. The minimum absolute atomic E-state index is 0.172. The van der Waals surface area contributed by atoms with Crippen molar-refractivity contribution in [2.24, 2.45) is 0 Å². The SMILES string of the molecule is COC(=O)Cc1ccc(CNCC(C)N2CCCC2)s1. The number of ether oxygens (including phenoxy) is 1. The van der Waals surface area contributed by atoms with Crippen molar-refractivity contribution in [3.8, 4) is 0 Å². The number of carbonyl (C=O) groups is 1. The number of rotatable bonds is 7. The van der Waals surface area contributed by atoms with Gasteiger partial charge in [-0.1, -0.05) is 0 Å². The minimum atomic E-state index is -0.172. The number of likely N-dealkylation sites (tertiary alicyclic amines) is 1. The molecular formula is C15H24N2O2S. The van der Waals surface area contributed by atoms with Gasteiger partial charge in [0.25, 0.3) is 0 Å². The summed E-state index contributed by atoms with van der Waals surface area (Å²) in [5.41, 5.74) is 0. The zero-order valence-corrected chi connectivity index (χ0v) is 13.2. The molecule has 0 amide bonds. The van der Waals surface area contributed by atoms with E-state index >= 15 is 0 Å². The molecule has 4 nitrogen and oxygen atoms in total.